The number of hydrogen-bond acceptors (Lipinski definition) is 4. The first kappa shape index (κ1) is 18.9. The van der Waals surface area contributed by atoms with Crippen molar-refractivity contribution >= 4 is 17.7 Å². The van der Waals surface area contributed by atoms with Crippen LogP contribution in [-0.4, -0.2) is 30.8 Å². The van der Waals surface area contributed by atoms with Crippen molar-refractivity contribution in [3.63, 3.8) is 0 Å². The van der Waals surface area contributed by atoms with Crippen LogP contribution in [0.2, 0.25) is 0 Å². The van der Waals surface area contributed by atoms with E-state index in [1.807, 2.05) is 32.0 Å². The lowest BCUT2D eigenvalue weighted by atomic mass is 9.99. The van der Waals surface area contributed by atoms with Gasteiger partial charge in [-0.1, -0.05) is 17.7 Å². The summed E-state index contributed by atoms with van der Waals surface area (Å²) in [6.45, 7) is 6.36. The summed E-state index contributed by atoms with van der Waals surface area (Å²) in [7, 11) is 0. The molecule has 0 aliphatic carbocycles. The summed E-state index contributed by atoms with van der Waals surface area (Å²) < 4.78 is 4.80. The van der Waals surface area contributed by atoms with Crippen LogP contribution in [0.1, 0.15) is 54.1 Å². The maximum atomic E-state index is 12.2. The van der Waals surface area contributed by atoms with Crippen LogP contribution in [0.15, 0.2) is 18.2 Å². The number of carbonyl (C=O) groups is 3. The van der Waals surface area contributed by atoms with E-state index in [2.05, 4.69) is 5.32 Å². The molecule has 5 nitrogen and oxygen atoms in total. The number of ketones is 1. The fourth-order valence-corrected chi connectivity index (χ4v) is 2.18. The van der Waals surface area contributed by atoms with E-state index in [0.29, 0.717) is 25.1 Å². The van der Waals surface area contributed by atoms with Crippen molar-refractivity contribution in [2.45, 2.75) is 46.5 Å². The van der Waals surface area contributed by atoms with Gasteiger partial charge in [0.25, 0.3) is 0 Å². The number of ether oxygens (including phenoxy) is 1. The third kappa shape index (κ3) is 7.08. The number of hydrogen-bond donors (Lipinski definition) is 1. The second-order valence-corrected chi connectivity index (χ2v) is 5.50. The predicted octanol–water partition coefficient (Wildman–Crippen LogP) is 2.73. The normalized spacial score (nSPS) is 10.2. The van der Waals surface area contributed by atoms with Gasteiger partial charge in [-0.05, 0) is 38.8 Å². The monoisotopic (exact) mass is 319 g/mol. The molecule has 0 heterocycles. The minimum atomic E-state index is -0.258. The number of rotatable bonds is 9. The summed E-state index contributed by atoms with van der Waals surface area (Å²) in [6, 6.07) is 5.73. The van der Waals surface area contributed by atoms with E-state index >= 15 is 0 Å². The Morgan fingerprint density at radius 3 is 2.52 bits per heavy atom. The summed E-state index contributed by atoms with van der Waals surface area (Å²) in [5, 5.41) is 2.71. The SMILES string of the molecule is CCOC(=O)CCCNC(=O)CCC(=O)c1cc(C)ccc1C. The second-order valence-electron chi connectivity index (χ2n) is 5.50. The van der Waals surface area contributed by atoms with Gasteiger partial charge in [0.1, 0.15) is 0 Å². The lowest BCUT2D eigenvalue weighted by Gasteiger charge is -2.07. The van der Waals surface area contributed by atoms with Crippen molar-refractivity contribution in [3.05, 3.63) is 34.9 Å². The molecule has 0 aliphatic rings. The third-order valence-electron chi connectivity index (χ3n) is 3.46. The highest BCUT2D eigenvalue weighted by Gasteiger charge is 2.12. The number of nitrogens with one attached hydrogen (secondary N) is 1. The zero-order chi connectivity index (χ0) is 17.2. The Morgan fingerprint density at radius 2 is 1.83 bits per heavy atom. The number of benzene rings is 1. The van der Waals surface area contributed by atoms with Gasteiger partial charge in [-0.25, -0.2) is 0 Å². The molecular weight excluding hydrogens is 294 g/mol. The highest BCUT2D eigenvalue weighted by atomic mass is 16.5. The first-order valence-electron chi connectivity index (χ1n) is 7.96. The Hall–Kier alpha value is -2.17. The summed E-state index contributed by atoms with van der Waals surface area (Å²) in [5.74, 6) is -0.452. The van der Waals surface area contributed by atoms with Gasteiger partial charge in [0.15, 0.2) is 5.78 Å². The van der Waals surface area contributed by atoms with Gasteiger partial charge in [0, 0.05) is 31.4 Å². The minimum Gasteiger partial charge on any atom is -0.466 e. The molecule has 1 N–H and O–H groups in total. The summed E-state index contributed by atoms with van der Waals surface area (Å²) in [6.07, 6.45) is 1.17. The second kappa shape index (κ2) is 9.77. The molecule has 5 heteroatoms. The van der Waals surface area contributed by atoms with E-state index in [9.17, 15) is 14.4 Å². The van der Waals surface area contributed by atoms with Crippen molar-refractivity contribution in [2.75, 3.05) is 13.2 Å². The van der Waals surface area contributed by atoms with Crippen LogP contribution in [0.3, 0.4) is 0 Å². The standard InChI is InChI=1S/C18H25NO4/c1-4-23-18(22)6-5-11-19-17(21)10-9-16(20)15-12-13(2)7-8-14(15)3/h7-8,12H,4-6,9-11H2,1-3H3,(H,19,21). The van der Waals surface area contributed by atoms with Crippen LogP contribution in [0.4, 0.5) is 0 Å². The summed E-state index contributed by atoms with van der Waals surface area (Å²) in [4.78, 5) is 35.0. The van der Waals surface area contributed by atoms with Crippen LogP contribution in [0, 0.1) is 13.8 Å². The zero-order valence-electron chi connectivity index (χ0n) is 14.1. The molecule has 0 fully saturated rings. The van der Waals surface area contributed by atoms with E-state index in [0.717, 1.165) is 11.1 Å². The highest BCUT2D eigenvalue weighted by molar-refractivity contribution is 5.99. The lowest BCUT2D eigenvalue weighted by Crippen LogP contribution is -2.25. The predicted molar refractivity (Wildman–Crippen MR) is 88.4 cm³/mol. The van der Waals surface area contributed by atoms with Gasteiger partial charge in [-0.3, -0.25) is 14.4 Å². The van der Waals surface area contributed by atoms with Gasteiger partial charge < -0.3 is 10.1 Å². The zero-order valence-corrected chi connectivity index (χ0v) is 14.1. The maximum absolute atomic E-state index is 12.2. The molecule has 0 saturated heterocycles. The van der Waals surface area contributed by atoms with Crippen molar-refractivity contribution in [3.8, 4) is 0 Å². The van der Waals surface area contributed by atoms with Crippen LogP contribution in [0.25, 0.3) is 0 Å². The number of carbonyl (C=O) groups excluding carboxylic acids is 3. The average Bonchev–Trinajstić information content (AvgIpc) is 2.52. The van der Waals surface area contributed by atoms with Crippen LogP contribution in [0.5, 0.6) is 0 Å². The van der Waals surface area contributed by atoms with Gasteiger partial charge >= 0.3 is 5.97 Å². The number of amides is 1. The molecular formula is C18H25NO4. The molecule has 23 heavy (non-hydrogen) atoms. The van der Waals surface area contributed by atoms with Gasteiger partial charge in [0.05, 0.1) is 6.61 Å². The number of esters is 1. The van der Waals surface area contributed by atoms with Crippen molar-refractivity contribution in [1.82, 2.24) is 5.32 Å². The fourth-order valence-electron chi connectivity index (χ4n) is 2.18. The van der Waals surface area contributed by atoms with E-state index in [4.69, 9.17) is 4.74 Å². The molecule has 1 rings (SSSR count). The number of aryl methyl sites for hydroxylation is 2. The topological polar surface area (TPSA) is 72.5 Å². The average molecular weight is 319 g/mol. The molecule has 0 saturated carbocycles. The van der Waals surface area contributed by atoms with Crippen LogP contribution >= 0.6 is 0 Å². The largest absolute Gasteiger partial charge is 0.466 e. The first-order valence-corrected chi connectivity index (χ1v) is 7.96. The molecule has 1 aromatic rings. The van der Waals surface area contributed by atoms with Gasteiger partial charge in [-0.15, -0.1) is 0 Å². The van der Waals surface area contributed by atoms with Crippen molar-refractivity contribution in [1.29, 1.82) is 0 Å². The Bertz CT molecular complexity index is 566. The molecule has 0 spiro atoms. The Balaban J connectivity index is 2.29. The van der Waals surface area contributed by atoms with Crippen molar-refractivity contribution in [2.24, 2.45) is 0 Å². The van der Waals surface area contributed by atoms with Crippen molar-refractivity contribution < 1.29 is 19.1 Å². The fraction of sp³-hybridized carbons (Fsp3) is 0.500. The maximum Gasteiger partial charge on any atom is 0.305 e. The Morgan fingerprint density at radius 1 is 1.09 bits per heavy atom. The molecule has 0 bridgehead atoms. The third-order valence-corrected chi connectivity index (χ3v) is 3.46. The summed E-state index contributed by atoms with van der Waals surface area (Å²) in [5.41, 5.74) is 2.64. The minimum absolute atomic E-state index is 0.0205. The molecule has 1 amide bonds. The Kier molecular flexibility index (Phi) is 8.02. The number of Topliss-reactive ketones (excluding diaryl/α,β-unsaturated/α-hetero) is 1. The Labute approximate surface area is 137 Å². The van der Waals surface area contributed by atoms with Gasteiger partial charge in [0.2, 0.25) is 5.91 Å². The molecule has 0 unspecified atom stereocenters. The van der Waals surface area contributed by atoms with Gasteiger partial charge in [-0.2, -0.15) is 0 Å². The van der Waals surface area contributed by atoms with E-state index in [-0.39, 0.29) is 36.9 Å². The molecule has 126 valence electrons. The molecule has 0 radical (unpaired) electrons. The van der Waals surface area contributed by atoms with Crippen LogP contribution < -0.4 is 5.32 Å². The quantitative estimate of drug-likeness (QED) is 0.431. The lowest BCUT2D eigenvalue weighted by molar-refractivity contribution is -0.143. The smallest absolute Gasteiger partial charge is 0.305 e. The first-order chi connectivity index (χ1) is 10.9. The van der Waals surface area contributed by atoms with E-state index < -0.39 is 0 Å². The van der Waals surface area contributed by atoms with E-state index in [1.165, 1.54) is 0 Å². The molecule has 0 aromatic heterocycles. The molecule has 0 aliphatic heterocycles. The van der Waals surface area contributed by atoms with Crippen LogP contribution in [-0.2, 0) is 14.3 Å². The van der Waals surface area contributed by atoms with E-state index in [1.54, 1.807) is 6.92 Å². The molecule has 0 atom stereocenters. The molecule has 1 aromatic carbocycles. The summed E-state index contributed by atoms with van der Waals surface area (Å²) >= 11 is 0. The highest BCUT2D eigenvalue weighted by Crippen LogP contribution is 2.13.